The van der Waals surface area contributed by atoms with Crippen molar-refractivity contribution < 1.29 is 8.42 Å². The van der Waals surface area contributed by atoms with Gasteiger partial charge in [-0.05, 0) is 31.0 Å². The van der Waals surface area contributed by atoms with Crippen molar-refractivity contribution in [1.29, 1.82) is 0 Å². The lowest BCUT2D eigenvalue weighted by Gasteiger charge is -2.20. The van der Waals surface area contributed by atoms with E-state index in [1.54, 1.807) is 6.07 Å². The van der Waals surface area contributed by atoms with Gasteiger partial charge in [-0.1, -0.05) is 18.5 Å². The highest BCUT2D eigenvalue weighted by atomic mass is 35.5. The van der Waals surface area contributed by atoms with E-state index in [1.165, 1.54) is 16.4 Å². The molecule has 1 saturated carbocycles. The second-order valence-corrected chi connectivity index (χ2v) is 6.40. The Kier molecular flexibility index (Phi) is 3.34. The smallest absolute Gasteiger partial charge is 0.244 e. The molecule has 4 nitrogen and oxygen atoms in total. The first-order valence-electron chi connectivity index (χ1n) is 5.53. The molecule has 0 atom stereocenters. The fourth-order valence-corrected chi connectivity index (χ4v) is 4.04. The standard InChI is InChI=1S/C11H15ClN2O2S/c1-2-14(9-4-5-9)17(15,16)11-7-8(13)3-6-10(11)12/h3,6-7,9H,2,4-5,13H2,1H3. The molecule has 1 aliphatic carbocycles. The minimum Gasteiger partial charge on any atom is -0.399 e. The van der Waals surface area contributed by atoms with Crippen LogP contribution in [0.4, 0.5) is 5.69 Å². The normalized spacial score (nSPS) is 16.4. The first kappa shape index (κ1) is 12.7. The van der Waals surface area contributed by atoms with E-state index >= 15 is 0 Å². The van der Waals surface area contributed by atoms with Crippen molar-refractivity contribution in [2.45, 2.75) is 30.7 Å². The number of benzene rings is 1. The van der Waals surface area contributed by atoms with Crippen molar-refractivity contribution in [2.24, 2.45) is 0 Å². The predicted molar refractivity (Wildman–Crippen MR) is 68.5 cm³/mol. The number of nitrogen functional groups attached to an aromatic ring is 1. The highest BCUT2D eigenvalue weighted by Gasteiger charge is 2.37. The second-order valence-electron chi connectivity index (χ2n) is 4.13. The molecule has 0 saturated heterocycles. The van der Waals surface area contributed by atoms with Crippen molar-refractivity contribution in [3.8, 4) is 0 Å². The maximum Gasteiger partial charge on any atom is 0.244 e. The molecule has 0 heterocycles. The van der Waals surface area contributed by atoms with Gasteiger partial charge >= 0.3 is 0 Å². The first-order chi connectivity index (χ1) is 7.96. The number of anilines is 1. The second kappa shape index (κ2) is 4.48. The molecule has 1 fully saturated rings. The largest absolute Gasteiger partial charge is 0.399 e. The van der Waals surface area contributed by atoms with Crippen molar-refractivity contribution in [3.63, 3.8) is 0 Å². The van der Waals surface area contributed by atoms with Crippen LogP contribution in [0.2, 0.25) is 5.02 Å². The van der Waals surface area contributed by atoms with Crippen molar-refractivity contribution in [2.75, 3.05) is 12.3 Å². The summed E-state index contributed by atoms with van der Waals surface area (Å²) in [5.74, 6) is 0. The molecule has 2 rings (SSSR count). The van der Waals surface area contributed by atoms with Crippen LogP contribution in [0.25, 0.3) is 0 Å². The predicted octanol–water partition coefficient (Wildman–Crippen LogP) is 2.10. The van der Waals surface area contributed by atoms with Gasteiger partial charge in [0.2, 0.25) is 10.0 Å². The number of nitrogens with two attached hydrogens (primary N) is 1. The van der Waals surface area contributed by atoms with E-state index in [2.05, 4.69) is 0 Å². The molecule has 94 valence electrons. The third-order valence-corrected chi connectivity index (χ3v) is 5.32. The van der Waals surface area contributed by atoms with Gasteiger partial charge in [-0.3, -0.25) is 0 Å². The molecule has 0 unspecified atom stereocenters. The van der Waals surface area contributed by atoms with Crippen LogP contribution in [-0.2, 0) is 10.0 Å². The third kappa shape index (κ3) is 2.41. The monoisotopic (exact) mass is 274 g/mol. The number of halogens is 1. The Morgan fingerprint density at radius 3 is 2.65 bits per heavy atom. The van der Waals surface area contributed by atoms with Crippen LogP contribution in [0.3, 0.4) is 0 Å². The molecule has 1 aromatic carbocycles. The SMILES string of the molecule is CCN(C1CC1)S(=O)(=O)c1cc(N)ccc1Cl. The molecule has 0 aliphatic heterocycles. The molecule has 0 amide bonds. The van der Waals surface area contributed by atoms with Crippen LogP contribution < -0.4 is 5.73 Å². The van der Waals surface area contributed by atoms with Crippen LogP contribution in [0.5, 0.6) is 0 Å². The molecule has 2 N–H and O–H groups in total. The third-order valence-electron chi connectivity index (χ3n) is 2.81. The molecule has 1 aliphatic rings. The zero-order valence-electron chi connectivity index (χ0n) is 9.56. The van der Waals surface area contributed by atoms with Crippen LogP contribution in [0, 0.1) is 0 Å². The molecular weight excluding hydrogens is 260 g/mol. The van der Waals surface area contributed by atoms with E-state index in [0.717, 1.165) is 12.8 Å². The molecular formula is C11H15ClN2O2S. The Balaban J connectivity index is 2.46. The van der Waals surface area contributed by atoms with Gasteiger partial charge < -0.3 is 5.73 Å². The number of rotatable bonds is 4. The van der Waals surface area contributed by atoms with E-state index in [4.69, 9.17) is 17.3 Å². The Bertz CT molecular complexity index is 526. The van der Waals surface area contributed by atoms with E-state index in [0.29, 0.717) is 12.2 Å². The number of nitrogens with zero attached hydrogens (tertiary/aromatic N) is 1. The molecule has 0 aromatic heterocycles. The zero-order chi connectivity index (χ0) is 12.6. The summed E-state index contributed by atoms with van der Waals surface area (Å²) in [6.45, 7) is 2.29. The van der Waals surface area contributed by atoms with Crippen LogP contribution in [-0.4, -0.2) is 25.3 Å². The summed E-state index contributed by atoms with van der Waals surface area (Å²) >= 11 is 5.95. The van der Waals surface area contributed by atoms with Crippen LogP contribution >= 0.6 is 11.6 Å². The van der Waals surface area contributed by atoms with Gasteiger partial charge in [-0.2, -0.15) is 4.31 Å². The minimum atomic E-state index is -3.52. The lowest BCUT2D eigenvalue weighted by Crippen LogP contribution is -2.33. The van der Waals surface area contributed by atoms with Gasteiger partial charge in [0.05, 0.1) is 5.02 Å². The zero-order valence-corrected chi connectivity index (χ0v) is 11.1. The van der Waals surface area contributed by atoms with E-state index < -0.39 is 10.0 Å². The maximum absolute atomic E-state index is 12.4. The first-order valence-corrected chi connectivity index (χ1v) is 7.35. The molecule has 6 heteroatoms. The van der Waals surface area contributed by atoms with Gasteiger partial charge in [0.15, 0.2) is 0 Å². The van der Waals surface area contributed by atoms with Crippen molar-refractivity contribution >= 4 is 27.3 Å². The van der Waals surface area contributed by atoms with Crippen molar-refractivity contribution in [1.82, 2.24) is 4.31 Å². The minimum absolute atomic E-state index is 0.105. The van der Waals surface area contributed by atoms with Gasteiger partial charge in [0, 0.05) is 18.3 Å². The summed E-state index contributed by atoms with van der Waals surface area (Å²) in [6.07, 6.45) is 1.85. The highest BCUT2D eigenvalue weighted by Crippen LogP contribution is 2.34. The Hall–Kier alpha value is -0.780. The van der Waals surface area contributed by atoms with E-state index in [9.17, 15) is 8.42 Å². The fraction of sp³-hybridized carbons (Fsp3) is 0.455. The lowest BCUT2D eigenvalue weighted by atomic mass is 10.3. The Labute approximate surface area is 106 Å². The summed E-state index contributed by atoms with van der Waals surface area (Å²) in [7, 11) is -3.52. The van der Waals surface area contributed by atoms with Crippen molar-refractivity contribution in [3.05, 3.63) is 23.2 Å². The topological polar surface area (TPSA) is 63.4 Å². The maximum atomic E-state index is 12.4. The quantitative estimate of drug-likeness (QED) is 0.855. The summed E-state index contributed by atoms with van der Waals surface area (Å²) in [6, 6.07) is 4.66. The number of hydrogen-bond acceptors (Lipinski definition) is 3. The molecule has 0 spiro atoms. The average molecular weight is 275 g/mol. The summed E-state index contributed by atoms with van der Waals surface area (Å²) in [5, 5.41) is 0.221. The fourth-order valence-electron chi connectivity index (χ4n) is 1.83. The van der Waals surface area contributed by atoms with Gasteiger partial charge in [0.1, 0.15) is 4.90 Å². The molecule has 1 aromatic rings. The van der Waals surface area contributed by atoms with Gasteiger partial charge in [0.25, 0.3) is 0 Å². The Morgan fingerprint density at radius 2 is 2.12 bits per heavy atom. The van der Waals surface area contributed by atoms with Crippen LogP contribution in [0.15, 0.2) is 23.1 Å². The van der Waals surface area contributed by atoms with Gasteiger partial charge in [-0.15, -0.1) is 0 Å². The number of hydrogen-bond donors (Lipinski definition) is 1. The molecule has 0 radical (unpaired) electrons. The summed E-state index contributed by atoms with van der Waals surface area (Å²) < 4.78 is 26.3. The highest BCUT2D eigenvalue weighted by molar-refractivity contribution is 7.89. The van der Waals surface area contributed by atoms with E-state index in [1.807, 2.05) is 6.92 Å². The Morgan fingerprint density at radius 1 is 1.47 bits per heavy atom. The summed E-state index contributed by atoms with van der Waals surface area (Å²) in [4.78, 5) is 0.105. The van der Waals surface area contributed by atoms with E-state index in [-0.39, 0.29) is 16.0 Å². The van der Waals surface area contributed by atoms with Crippen LogP contribution in [0.1, 0.15) is 19.8 Å². The average Bonchev–Trinajstić information content (AvgIpc) is 3.06. The molecule has 17 heavy (non-hydrogen) atoms. The summed E-state index contributed by atoms with van der Waals surface area (Å²) in [5.41, 5.74) is 6.02. The molecule has 0 bridgehead atoms. The van der Waals surface area contributed by atoms with Gasteiger partial charge in [-0.25, -0.2) is 8.42 Å². The number of sulfonamides is 1. The lowest BCUT2D eigenvalue weighted by molar-refractivity contribution is 0.421.